The van der Waals surface area contributed by atoms with Gasteiger partial charge in [-0.3, -0.25) is 0 Å². The van der Waals surface area contributed by atoms with Crippen molar-refractivity contribution in [3.63, 3.8) is 0 Å². The normalized spacial score (nSPS) is 10.8. The molecule has 0 aliphatic heterocycles. The summed E-state index contributed by atoms with van der Waals surface area (Å²) < 4.78 is 1.90. The number of aromatic nitrogens is 2. The van der Waals surface area contributed by atoms with Crippen LogP contribution >= 0.6 is 0 Å². The smallest absolute Gasteiger partial charge is 0.335 e. The zero-order chi connectivity index (χ0) is 11.5. The van der Waals surface area contributed by atoms with Gasteiger partial charge in [-0.25, -0.2) is 9.78 Å². The van der Waals surface area contributed by atoms with E-state index in [0.717, 1.165) is 5.52 Å². The van der Waals surface area contributed by atoms with Crippen LogP contribution in [0.3, 0.4) is 0 Å². The molecule has 1 aromatic carbocycles. The Kier molecular flexibility index (Phi) is 2.87. The summed E-state index contributed by atoms with van der Waals surface area (Å²) in [6.45, 7) is 0.812. The van der Waals surface area contributed by atoms with Gasteiger partial charge in [0.1, 0.15) is 0 Å². The van der Waals surface area contributed by atoms with Crippen molar-refractivity contribution in [1.82, 2.24) is 9.55 Å². The molecule has 0 amide bonds. The van der Waals surface area contributed by atoms with Crippen LogP contribution in [0.15, 0.2) is 24.5 Å². The number of aromatic carboxylic acids is 1. The molecule has 0 bridgehead atoms. The molecule has 0 saturated carbocycles. The third-order valence-electron chi connectivity index (χ3n) is 2.43. The molecule has 0 aliphatic carbocycles. The van der Waals surface area contributed by atoms with Gasteiger partial charge in [-0.05, 0) is 24.6 Å². The number of carbonyl (C=O) groups is 1. The van der Waals surface area contributed by atoms with Crippen molar-refractivity contribution >= 4 is 17.0 Å². The zero-order valence-electron chi connectivity index (χ0n) is 8.63. The van der Waals surface area contributed by atoms with Crippen LogP contribution in [0.5, 0.6) is 0 Å². The third-order valence-corrected chi connectivity index (χ3v) is 2.43. The van der Waals surface area contributed by atoms with Crippen LogP contribution < -0.4 is 0 Å². The first-order valence-electron chi connectivity index (χ1n) is 5.01. The monoisotopic (exact) mass is 220 g/mol. The summed E-state index contributed by atoms with van der Waals surface area (Å²) in [5.74, 6) is -0.952. The van der Waals surface area contributed by atoms with Gasteiger partial charge in [0.05, 0.1) is 22.9 Å². The number of benzene rings is 1. The Morgan fingerprint density at radius 2 is 2.25 bits per heavy atom. The molecule has 1 aromatic heterocycles. The predicted molar refractivity (Wildman–Crippen MR) is 58.4 cm³/mol. The molecule has 0 spiro atoms. The fraction of sp³-hybridized carbons (Fsp3) is 0.273. The Bertz CT molecular complexity index is 519. The van der Waals surface area contributed by atoms with E-state index in [2.05, 4.69) is 4.98 Å². The molecule has 0 radical (unpaired) electrons. The lowest BCUT2D eigenvalue weighted by atomic mass is 10.2. The summed E-state index contributed by atoms with van der Waals surface area (Å²) >= 11 is 0. The molecule has 0 saturated heterocycles. The van der Waals surface area contributed by atoms with Gasteiger partial charge >= 0.3 is 5.97 Å². The largest absolute Gasteiger partial charge is 0.478 e. The number of hydrogen-bond acceptors (Lipinski definition) is 3. The van der Waals surface area contributed by atoms with E-state index < -0.39 is 5.97 Å². The molecule has 2 aromatic rings. The first kappa shape index (κ1) is 10.6. The number of aliphatic hydroxyl groups excluding tert-OH is 1. The molecule has 5 heteroatoms. The lowest BCUT2D eigenvalue weighted by molar-refractivity contribution is 0.0697. The Hall–Kier alpha value is -1.88. The van der Waals surface area contributed by atoms with E-state index in [9.17, 15) is 4.79 Å². The topological polar surface area (TPSA) is 75.3 Å². The standard InChI is InChI=1S/C11H12N2O3/c14-5-1-4-13-7-12-9-6-8(11(15)16)2-3-10(9)13/h2-3,6-7,14H,1,4-5H2,(H,15,16). The van der Waals surface area contributed by atoms with Crippen LogP contribution in [0.25, 0.3) is 11.0 Å². The van der Waals surface area contributed by atoms with Crippen molar-refractivity contribution in [2.24, 2.45) is 0 Å². The van der Waals surface area contributed by atoms with Crippen LogP contribution in [0.1, 0.15) is 16.8 Å². The van der Waals surface area contributed by atoms with Crippen molar-refractivity contribution in [2.45, 2.75) is 13.0 Å². The minimum absolute atomic E-state index is 0.132. The molecule has 0 fully saturated rings. The van der Waals surface area contributed by atoms with E-state index in [0.29, 0.717) is 18.5 Å². The van der Waals surface area contributed by atoms with Crippen LogP contribution in [0, 0.1) is 0 Å². The SMILES string of the molecule is O=C(O)c1ccc2c(c1)ncn2CCCO. The highest BCUT2D eigenvalue weighted by Crippen LogP contribution is 2.15. The molecule has 0 atom stereocenters. The number of nitrogens with zero attached hydrogens (tertiary/aromatic N) is 2. The highest BCUT2D eigenvalue weighted by molar-refractivity contribution is 5.92. The quantitative estimate of drug-likeness (QED) is 0.809. The number of rotatable bonds is 4. The van der Waals surface area contributed by atoms with Crippen LogP contribution in [0.2, 0.25) is 0 Å². The summed E-state index contributed by atoms with van der Waals surface area (Å²) in [5.41, 5.74) is 1.79. The molecule has 0 unspecified atom stereocenters. The second-order valence-corrected chi connectivity index (χ2v) is 3.52. The maximum Gasteiger partial charge on any atom is 0.335 e. The molecule has 2 N–H and O–H groups in total. The maximum atomic E-state index is 10.8. The van der Waals surface area contributed by atoms with Crippen molar-refractivity contribution in [1.29, 1.82) is 0 Å². The average Bonchev–Trinajstić information content (AvgIpc) is 2.68. The number of aryl methyl sites for hydroxylation is 1. The van der Waals surface area contributed by atoms with E-state index in [4.69, 9.17) is 10.2 Å². The lowest BCUT2D eigenvalue weighted by Gasteiger charge is -2.02. The highest BCUT2D eigenvalue weighted by atomic mass is 16.4. The first-order valence-corrected chi connectivity index (χ1v) is 5.01. The molecule has 1 heterocycles. The number of carboxylic acid groups (broad SMARTS) is 1. The molecule has 0 aliphatic rings. The lowest BCUT2D eigenvalue weighted by Crippen LogP contribution is -1.99. The van der Waals surface area contributed by atoms with Crippen molar-refractivity contribution in [3.8, 4) is 0 Å². The molecule has 16 heavy (non-hydrogen) atoms. The molecular formula is C11H12N2O3. The Morgan fingerprint density at radius 1 is 1.44 bits per heavy atom. The summed E-state index contributed by atoms with van der Waals surface area (Å²) in [7, 11) is 0. The van der Waals surface area contributed by atoms with Crippen molar-refractivity contribution in [2.75, 3.05) is 6.61 Å². The van der Waals surface area contributed by atoms with Gasteiger partial charge in [-0.2, -0.15) is 0 Å². The van der Waals surface area contributed by atoms with Gasteiger partial charge in [-0.15, -0.1) is 0 Å². The van der Waals surface area contributed by atoms with Crippen LogP contribution in [0.4, 0.5) is 0 Å². The number of aliphatic hydroxyl groups is 1. The molecule has 2 rings (SSSR count). The first-order chi connectivity index (χ1) is 7.72. The summed E-state index contributed by atoms with van der Waals surface area (Å²) in [6, 6.07) is 4.85. The van der Waals surface area contributed by atoms with Crippen LogP contribution in [-0.4, -0.2) is 32.3 Å². The predicted octanol–water partition coefficient (Wildman–Crippen LogP) is 1.12. The van der Waals surface area contributed by atoms with Gasteiger partial charge < -0.3 is 14.8 Å². The second-order valence-electron chi connectivity index (χ2n) is 3.52. The summed E-state index contributed by atoms with van der Waals surface area (Å²) in [4.78, 5) is 14.9. The van der Waals surface area contributed by atoms with Crippen molar-refractivity contribution < 1.29 is 15.0 Å². The van der Waals surface area contributed by atoms with Gasteiger partial charge in [0.2, 0.25) is 0 Å². The van der Waals surface area contributed by atoms with Gasteiger partial charge in [0.15, 0.2) is 0 Å². The summed E-state index contributed by atoms with van der Waals surface area (Å²) in [6.07, 6.45) is 2.32. The number of carboxylic acids is 1. The number of imidazole rings is 1. The zero-order valence-corrected chi connectivity index (χ0v) is 8.63. The van der Waals surface area contributed by atoms with E-state index in [1.54, 1.807) is 24.5 Å². The molecular weight excluding hydrogens is 208 g/mol. The fourth-order valence-corrected chi connectivity index (χ4v) is 1.62. The average molecular weight is 220 g/mol. The van der Waals surface area contributed by atoms with E-state index in [1.165, 1.54) is 0 Å². The Morgan fingerprint density at radius 3 is 2.94 bits per heavy atom. The van der Waals surface area contributed by atoms with Gasteiger partial charge in [0.25, 0.3) is 0 Å². The van der Waals surface area contributed by atoms with E-state index in [1.807, 2.05) is 4.57 Å². The molecule has 5 nitrogen and oxygen atoms in total. The Labute approximate surface area is 92.0 Å². The van der Waals surface area contributed by atoms with Crippen LogP contribution in [-0.2, 0) is 6.54 Å². The maximum absolute atomic E-state index is 10.8. The highest BCUT2D eigenvalue weighted by Gasteiger charge is 2.07. The van der Waals surface area contributed by atoms with Gasteiger partial charge in [0, 0.05) is 13.2 Å². The number of hydrogen-bond donors (Lipinski definition) is 2. The minimum atomic E-state index is -0.952. The minimum Gasteiger partial charge on any atom is -0.478 e. The summed E-state index contributed by atoms with van der Waals surface area (Å²) in [5, 5.41) is 17.6. The van der Waals surface area contributed by atoms with E-state index >= 15 is 0 Å². The molecule has 84 valence electrons. The van der Waals surface area contributed by atoms with Gasteiger partial charge in [-0.1, -0.05) is 0 Å². The van der Waals surface area contributed by atoms with E-state index in [-0.39, 0.29) is 12.2 Å². The fourth-order valence-electron chi connectivity index (χ4n) is 1.62. The van der Waals surface area contributed by atoms with Crippen molar-refractivity contribution in [3.05, 3.63) is 30.1 Å². The Balaban J connectivity index is 2.38. The second kappa shape index (κ2) is 4.32. The third kappa shape index (κ3) is 1.90. The number of fused-ring (bicyclic) bond motifs is 1.